The van der Waals surface area contributed by atoms with Crippen molar-refractivity contribution in [3.63, 3.8) is 0 Å². The van der Waals surface area contributed by atoms with Crippen LogP contribution in [0, 0.1) is 0 Å². The Kier molecular flexibility index (Phi) is 6.66. The summed E-state index contributed by atoms with van der Waals surface area (Å²) in [5.74, 6) is -1.54. The van der Waals surface area contributed by atoms with Gasteiger partial charge < -0.3 is 15.4 Å². The highest BCUT2D eigenvalue weighted by molar-refractivity contribution is 6.53. The molecule has 0 unspecified atom stereocenters. The van der Waals surface area contributed by atoms with Gasteiger partial charge >= 0.3 is 0 Å². The predicted octanol–water partition coefficient (Wildman–Crippen LogP) is 4.59. The van der Waals surface area contributed by atoms with Gasteiger partial charge in [-0.25, -0.2) is 4.90 Å². The molecule has 4 rings (SSSR count). The van der Waals surface area contributed by atoms with Crippen molar-refractivity contribution in [3.05, 3.63) is 94.7 Å². The average molecular weight is 490 g/mol. The number of anilines is 3. The summed E-state index contributed by atoms with van der Waals surface area (Å²) >= 11 is 6.22. The normalized spacial score (nSPS) is 13.2. The van der Waals surface area contributed by atoms with E-state index in [2.05, 4.69) is 10.6 Å². The second kappa shape index (κ2) is 9.82. The van der Waals surface area contributed by atoms with Crippen molar-refractivity contribution in [1.29, 1.82) is 0 Å². The minimum atomic E-state index is -0.692. The Balaban J connectivity index is 1.55. The smallest absolute Gasteiger partial charge is 0.283 e. The van der Waals surface area contributed by atoms with Crippen molar-refractivity contribution < 1.29 is 23.9 Å². The number of rotatable bonds is 7. The first-order valence-corrected chi connectivity index (χ1v) is 10.9. The number of carbonyl (C=O) groups is 4. The van der Waals surface area contributed by atoms with Gasteiger partial charge in [-0.3, -0.25) is 19.2 Å². The van der Waals surface area contributed by atoms with Gasteiger partial charge in [-0.1, -0.05) is 41.9 Å². The summed E-state index contributed by atoms with van der Waals surface area (Å²) in [5, 5.41) is 5.32. The summed E-state index contributed by atoms with van der Waals surface area (Å²) in [6.07, 6.45) is 0. The molecule has 3 aromatic carbocycles. The van der Waals surface area contributed by atoms with Gasteiger partial charge in [-0.15, -0.1) is 0 Å². The first-order chi connectivity index (χ1) is 16.8. The van der Waals surface area contributed by atoms with Crippen LogP contribution in [-0.2, 0) is 9.59 Å². The van der Waals surface area contributed by atoms with Gasteiger partial charge in [0.1, 0.15) is 16.5 Å². The third kappa shape index (κ3) is 4.78. The monoisotopic (exact) mass is 489 g/mol. The molecule has 3 aromatic rings. The maximum absolute atomic E-state index is 13.1. The number of benzene rings is 3. The maximum atomic E-state index is 13.1. The number of carbonyl (C=O) groups excluding carboxylic acids is 4. The zero-order valence-corrected chi connectivity index (χ0v) is 19.6. The SMILES string of the molecule is COc1ccccc1N1C(=O)C(Cl)=C(Nc2cccc(C(=O)Nc3cccc(C(C)=O)c3)c2)C1=O. The Morgan fingerprint density at radius 2 is 1.51 bits per heavy atom. The van der Waals surface area contributed by atoms with Crippen LogP contribution in [0.1, 0.15) is 27.6 Å². The molecule has 3 amide bonds. The highest BCUT2D eigenvalue weighted by Gasteiger charge is 2.40. The predicted molar refractivity (Wildman–Crippen MR) is 133 cm³/mol. The number of imide groups is 1. The molecule has 0 atom stereocenters. The van der Waals surface area contributed by atoms with Gasteiger partial charge in [0.25, 0.3) is 17.7 Å². The van der Waals surface area contributed by atoms with Crippen LogP contribution in [0.4, 0.5) is 17.1 Å². The molecule has 8 nitrogen and oxygen atoms in total. The zero-order valence-electron chi connectivity index (χ0n) is 18.8. The van der Waals surface area contributed by atoms with Gasteiger partial charge in [-0.2, -0.15) is 0 Å². The summed E-state index contributed by atoms with van der Waals surface area (Å²) in [5.41, 5.74) is 1.76. The number of nitrogens with one attached hydrogen (secondary N) is 2. The van der Waals surface area contributed by atoms with E-state index in [-0.39, 0.29) is 22.2 Å². The van der Waals surface area contributed by atoms with E-state index < -0.39 is 17.7 Å². The van der Waals surface area contributed by atoms with Gasteiger partial charge in [-0.05, 0) is 49.4 Å². The second-order valence-electron chi connectivity index (χ2n) is 7.60. The lowest BCUT2D eigenvalue weighted by atomic mass is 10.1. The Labute approximate surface area is 206 Å². The molecule has 0 spiro atoms. The first-order valence-electron chi connectivity index (χ1n) is 10.5. The lowest BCUT2D eigenvalue weighted by Gasteiger charge is -2.18. The number of amides is 3. The summed E-state index contributed by atoms with van der Waals surface area (Å²) < 4.78 is 5.26. The fraction of sp³-hybridized carbons (Fsp3) is 0.0769. The van der Waals surface area contributed by atoms with Crippen LogP contribution < -0.4 is 20.3 Å². The lowest BCUT2D eigenvalue weighted by molar-refractivity contribution is -0.120. The van der Waals surface area contributed by atoms with E-state index in [1.165, 1.54) is 20.1 Å². The molecule has 35 heavy (non-hydrogen) atoms. The number of ketones is 1. The van der Waals surface area contributed by atoms with E-state index in [4.69, 9.17) is 16.3 Å². The van der Waals surface area contributed by atoms with Crippen molar-refractivity contribution in [1.82, 2.24) is 0 Å². The van der Waals surface area contributed by atoms with E-state index in [0.29, 0.717) is 28.3 Å². The topological polar surface area (TPSA) is 105 Å². The minimum absolute atomic E-state index is 0.115. The molecule has 2 N–H and O–H groups in total. The highest BCUT2D eigenvalue weighted by atomic mass is 35.5. The third-order valence-corrected chi connectivity index (χ3v) is 5.63. The van der Waals surface area contributed by atoms with E-state index in [0.717, 1.165) is 4.90 Å². The fourth-order valence-electron chi connectivity index (χ4n) is 3.55. The number of halogens is 1. The molecule has 0 saturated carbocycles. The number of Topliss-reactive ketones (excluding diaryl/α,β-unsaturated/α-hetero) is 1. The Bertz CT molecular complexity index is 1400. The van der Waals surface area contributed by atoms with Crippen molar-refractivity contribution in [2.75, 3.05) is 22.6 Å². The molecule has 0 radical (unpaired) electrons. The van der Waals surface area contributed by atoms with Crippen molar-refractivity contribution >= 4 is 52.2 Å². The second-order valence-corrected chi connectivity index (χ2v) is 7.98. The quantitative estimate of drug-likeness (QED) is 0.371. The Morgan fingerprint density at radius 3 is 2.23 bits per heavy atom. The van der Waals surface area contributed by atoms with Crippen LogP contribution in [0.2, 0.25) is 0 Å². The van der Waals surface area contributed by atoms with Crippen molar-refractivity contribution in [2.24, 2.45) is 0 Å². The van der Waals surface area contributed by atoms with Crippen LogP contribution in [0.3, 0.4) is 0 Å². The van der Waals surface area contributed by atoms with Crippen molar-refractivity contribution in [3.8, 4) is 5.75 Å². The van der Waals surface area contributed by atoms with Gasteiger partial charge in [0.15, 0.2) is 5.78 Å². The molecule has 1 heterocycles. The highest BCUT2D eigenvalue weighted by Crippen LogP contribution is 2.35. The van der Waals surface area contributed by atoms with Crippen LogP contribution in [0.5, 0.6) is 5.75 Å². The summed E-state index contributed by atoms with van der Waals surface area (Å²) in [6.45, 7) is 1.44. The number of ether oxygens (including phenoxy) is 1. The number of hydrogen-bond donors (Lipinski definition) is 2. The molecular weight excluding hydrogens is 470 g/mol. The molecule has 0 bridgehead atoms. The molecule has 1 aliphatic heterocycles. The summed E-state index contributed by atoms with van der Waals surface area (Å²) in [4.78, 5) is 51.1. The zero-order chi connectivity index (χ0) is 25.1. The molecule has 0 saturated heterocycles. The number of hydrogen-bond acceptors (Lipinski definition) is 6. The molecular formula is C26H20ClN3O5. The third-order valence-electron chi connectivity index (χ3n) is 5.27. The first kappa shape index (κ1) is 23.7. The van der Waals surface area contributed by atoms with Crippen LogP contribution >= 0.6 is 11.6 Å². The molecule has 0 aliphatic carbocycles. The van der Waals surface area contributed by atoms with Crippen LogP contribution in [-0.4, -0.2) is 30.6 Å². The van der Waals surface area contributed by atoms with E-state index in [9.17, 15) is 19.2 Å². The lowest BCUT2D eigenvalue weighted by Crippen LogP contribution is -2.32. The molecule has 0 fully saturated rings. The number of para-hydroxylation sites is 2. The van der Waals surface area contributed by atoms with Gasteiger partial charge in [0.2, 0.25) is 0 Å². The van der Waals surface area contributed by atoms with Crippen molar-refractivity contribution in [2.45, 2.75) is 6.92 Å². The maximum Gasteiger partial charge on any atom is 0.283 e. The molecule has 1 aliphatic rings. The van der Waals surface area contributed by atoms with Gasteiger partial charge in [0.05, 0.1) is 12.8 Å². The summed E-state index contributed by atoms with van der Waals surface area (Å²) in [7, 11) is 1.44. The molecule has 9 heteroatoms. The van der Waals surface area contributed by atoms with E-state index in [1.54, 1.807) is 66.7 Å². The van der Waals surface area contributed by atoms with Crippen LogP contribution in [0.15, 0.2) is 83.5 Å². The molecule has 176 valence electrons. The van der Waals surface area contributed by atoms with Crippen LogP contribution in [0.25, 0.3) is 0 Å². The number of nitrogens with zero attached hydrogens (tertiary/aromatic N) is 1. The Morgan fingerprint density at radius 1 is 0.857 bits per heavy atom. The Hall–Kier alpha value is -4.43. The number of methoxy groups -OCH3 is 1. The summed E-state index contributed by atoms with van der Waals surface area (Å²) in [6, 6.07) is 19.6. The largest absolute Gasteiger partial charge is 0.495 e. The van der Waals surface area contributed by atoms with Gasteiger partial charge in [0, 0.05) is 22.5 Å². The fourth-order valence-corrected chi connectivity index (χ4v) is 3.76. The van der Waals surface area contributed by atoms with E-state index in [1.807, 2.05) is 0 Å². The standard InChI is InChI=1S/C26H20ClN3O5/c1-15(31)16-7-5-10-19(13-16)29-24(32)17-8-6-9-18(14-17)28-23-22(27)25(33)30(26(23)34)20-11-3-4-12-21(20)35-2/h3-14,28H,1-2H3,(H,29,32). The minimum Gasteiger partial charge on any atom is -0.495 e. The molecule has 0 aromatic heterocycles. The van der Waals surface area contributed by atoms with E-state index >= 15 is 0 Å². The average Bonchev–Trinajstić information content (AvgIpc) is 3.07.